The first-order valence-corrected chi connectivity index (χ1v) is 6.79. The van der Waals surface area contributed by atoms with Gasteiger partial charge in [0.2, 0.25) is 5.91 Å². The van der Waals surface area contributed by atoms with Crippen LogP contribution in [0, 0.1) is 5.92 Å². The van der Waals surface area contributed by atoms with Gasteiger partial charge in [-0.25, -0.2) is 0 Å². The third kappa shape index (κ3) is 3.49. The molecule has 1 amide bonds. The lowest BCUT2D eigenvalue weighted by Crippen LogP contribution is -2.51. The fourth-order valence-corrected chi connectivity index (χ4v) is 2.00. The maximum absolute atomic E-state index is 11.7. The summed E-state index contributed by atoms with van der Waals surface area (Å²) in [4.78, 5) is 11.7. The molecule has 1 fully saturated rings. The van der Waals surface area contributed by atoms with Crippen LogP contribution in [0.3, 0.4) is 0 Å². The summed E-state index contributed by atoms with van der Waals surface area (Å²) in [5, 5.41) is 20.7. The molecule has 0 aliphatic heterocycles. The molecular weight excluding hydrogens is 258 g/mol. The average Bonchev–Trinajstić information content (AvgIpc) is 2.99. The number of hydrogen-bond acceptors (Lipinski definition) is 4. The van der Waals surface area contributed by atoms with E-state index in [1.165, 1.54) is 6.08 Å². The van der Waals surface area contributed by atoms with Gasteiger partial charge in [0.05, 0.1) is 18.8 Å². The first kappa shape index (κ1) is 14.8. The number of carbonyl (C=O) groups is 1. The number of furan rings is 1. The van der Waals surface area contributed by atoms with Gasteiger partial charge in [0.25, 0.3) is 0 Å². The van der Waals surface area contributed by atoms with Crippen molar-refractivity contribution in [2.24, 2.45) is 5.92 Å². The average molecular weight is 279 g/mol. The SMILES string of the molecule is CC1CC1c1ccc(/C=C/C(=O)NC(C)(CO)CO)o1. The van der Waals surface area contributed by atoms with Crippen LogP contribution in [0.2, 0.25) is 0 Å². The third-order valence-corrected chi connectivity index (χ3v) is 3.64. The van der Waals surface area contributed by atoms with Crippen molar-refractivity contribution >= 4 is 12.0 Å². The summed E-state index contributed by atoms with van der Waals surface area (Å²) in [6, 6.07) is 3.78. The first-order valence-electron chi connectivity index (χ1n) is 6.79. The minimum absolute atomic E-state index is 0.326. The zero-order valence-corrected chi connectivity index (χ0v) is 11.8. The van der Waals surface area contributed by atoms with Gasteiger partial charge >= 0.3 is 0 Å². The summed E-state index contributed by atoms with van der Waals surface area (Å²) in [5.41, 5.74) is -1.01. The van der Waals surface area contributed by atoms with E-state index in [1.807, 2.05) is 12.1 Å². The molecule has 3 N–H and O–H groups in total. The molecule has 1 aliphatic rings. The molecular formula is C15H21NO4. The topological polar surface area (TPSA) is 82.7 Å². The van der Waals surface area contributed by atoms with Gasteiger partial charge in [0, 0.05) is 12.0 Å². The molecule has 5 nitrogen and oxygen atoms in total. The highest BCUT2D eigenvalue weighted by Gasteiger charge is 2.36. The van der Waals surface area contributed by atoms with Crippen LogP contribution in [0.4, 0.5) is 0 Å². The highest BCUT2D eigenvalue weighted by molar-refractivity contribution is 5.91. The third-order valence-electron chi connectivity index (χ3n) is 3.64. The van der Waals surface area contributed by atoms with Crippen molar-refractivity contribution in [3.05, 3.63) is 29.7 Å². The molecule has 1 aliphatic carbocycles. The molecule has 110 valence electrons. The second-order valence-electron chi connectivity index (χ2n) is 5.76. The molecule has 0 spiro atoms. The lowest BCUT2D eigenvalue weighted by atomic mass is 10.1. The molecule has 1 saturated carbocycles. The van der Waals surface area contributed by atoms with Crippen LogP contribution in [0.1, 0.15) is 37.7 Å². The quantitative estimate of drug-likeness (QED) is 0.685. The van der Waals surface area contributed by atoms with Crippen LogP contribution in [0.25, 0.3) is 6.08 Å². The number of aliphatic hydroxyl groups is 2. The maximum atomic E-state index is 11.7. The van der Waals surface area contributed by atoms with Crippen LogP contribution in [-0.2, 0) is 4.79 Å². The van der Waals surface area contributed by atoms with Crippen molar-refractivity contribution in [3.63, 3.8) is 0 Å². The number of amides is 1. The molecule has 20 heavy (non-hydrogen) atoms. The smallest absolute Gasteiger partial charge is 0.244 e. The van der Waals surface area contributed by atoms with E-state index < -0.39 is 5.54 Å². The largest absolute Gasteiger partial charge is 0.461 e. The zero-order valence-electron chi connectivity index (χ0n) is 11.8. The minimum Gasteiger partial charge on any atom is -0.461 e. The molecule has 1 aromatic heterocycles. The first-order chi connectivity index (χ1) is 9.47. The Morgan fingerprint density at radius 1 is 1.50 bits per heavy atom. The Labute approximate surface area is 118 Å². The molecule has 0 aromatic carbocycles. The molecule has 2 unspecified atom stereocenters. The van der Waals surface area contributed by atoms with E-state index in [2.05, 4.69) is 12.2 Å². The number of rotatable bonds is 6. The van der Waals surface area contributed by atoms with Crippen molar-refractivity contribution in [3.8, 4) is 0 Å². The highest BCUT2D eigenvalue weighted by atomic mass is 16.3. The number of nitrogens with one attached hydrogen (secondary N) is 1. The van der Waals surface area contributed by atoms with E-state index in [4.69, 9.17) is 14.6 Å². The molecule has 2 atom stereocenters. The fraction of sp³-hybridized carbons (Fsp3) is 0.533. The Morgan fingerprint density at radius 2 is 2.15 bits per heavy atom. The zero-order chi connectivity index (χ0) is 14.8. The molecule has 1 heterocycles. The van der Waals surface area contributed by atoms with Crippen molar-refractivity contribution in [2.75, 3.05) is 13.2 Å². The number of hydrogen-bond donors (Lipinski definition) is 3. The molecule has 1 aromatic rings. The maximum Gasteiger partial charge on any atom is 0.244 e. The Morgan fingerprint density at radius 3 is 2.70 bits per heavy atom. The summed E-state index contributed by atoms with van der Waals surface area (Å²) in [6.07, 6.45) is 4.08. The summed E-state index contributed by atoms with van der Waals surface area (Å²) in [6.45, 7) is 3.10. The van der Waals surface area contributed by atoms with Gasteiger partial charge in [-0.1, -0.05) is 6.92 Å². The van der Waals surface area contributed by atoms with E-state index in [-0.39, 0.29) is 19.1 Å². The van der Waals surface area contributed by atoms with Gasteiger partial charge in [-0.15, -0.1) is 0 Å². The van der Waals surface area contributed by atoms with E-state index in [1.54, 1.807) is 13.0 Å². The van der Waals surface area contributed by atoms with E-state index in [0.717, 1.165) is 12.2 Å². The lowest BCUT2D eigenvalue weighted by Gasteiger charge is -2.25. The van der Waals surface area contributed by atoms with Gasteiger partial charge in [-0.3, -0.25) is 4.79 Å². The Hall–Kier alpha value is -1.59. The second kappa shape index (κ2) is 5.81. The fourth-order valence-electron chi connectivity index (χ4n) is 2.00. The predicted octanol–water partition coefficient (Wildman–Crippen LogP) is 1.28. The van der Waals surface area contributed by atoms with E-state index in [9.17, 15) is 4.79 Å². The minimum atomic E-state index is -1.01. The Kier molecular flexibility index (Phi) is 4.30. The van der Waals surface area contributed by atoms with E-state index >= 15 is 0 Å². The van der Waals surface area contributed by atoms with Gasteiger partial charge in [0.15, 0.2) is 0 Å². The van der Waals surface area contributed by atoms with Crippen LogP contribution in [-0.4, -0.2) is 34.9 Å². The van der Waals surface area contributed by atoms with Crippen LogP contribution < -0.4 is 5.32 Å². The van der Waals surface area contributed by atoms with Gasteiger partial charge in [-0.05, 0) is 37.5 Å². The van der Waals surface area contributed by atoms with Crippen molar-refractivity contribution < 1.29 is 19.4 Å². The second-order valence-corrected chi connectivity index (χ2v) is 5.76. The monoisotopic (exact) mass is 279 g/mol. The number of aliphatic hydroxyl groups excluding tert-OH is 2. The van der Waals surface area contributed by atoms with Crippen molar-refractivity contribution in [2.45, 2.75) is 31.7 Å². The van der Waals surface area contributed by atoms with Crippen LogP contribution in [0.15, 0.2) is 22.6 Å². The van der Waals surface area contributed by atoms with Gasteiger partial charge < -0.3 is 19.9 Å². The highest BCUT2D eigenvalue weighted by Crippen LogP contribution is 2.47. The molecule has 0 saturated heterocycles. The van der Waals surface area contributed by atoms with Gasteiger partial charge in [0.1, 0.15) is 11.5 Å². The molecule has 2 rings (SSSR count). The van der Waals surface area contributed by atoms with Crippen LogP contribution >= 0.6 is 0 Å². The van der Waals surface area contributed by atoms with E-state index in [0.29, 0.717) is 17.6 Å². The predicted molar refractivity (Wildman–Crippen MR) is 75.0 cm³/mol. The summed E-state index contributed by atoms with van der Waals surface area (Å²) >= 11 is 0. The normalized spacial score (nSPS) is 22.2. The lowest BCUT2D eigenvalue weighted by molar-refractivity contribution is -0.119. The molecule has 0 radical (unpaired) electrons. The van der Waals surface area contributed by atoms with Gasteiger partial charge in [-0.2, -0.15) is 0 Å². The Balaban J connectivity index is 1.92. The van der Waals surface area contributed by atoms with Crippen LogP contribution in [0.5, 0.6) is 0 Å². The van der Waals surface area contributed by atoms with Crippen molar-refractivity contribution in [1.29, 1.82) is 0 Å². The summed E-state index contributed by atoms with van der Waals surface area (Å²) < 4.78 is 5.65. The standard InChI is InChI=1S/C15H21NO4/c1-10-7-12(10)13-5-3-11(20-13)4-6-14(19)16-15(2,8-17)9-18/h3-6,10,12,17-18H,7-9H2,1-2H3,(H,16,19)/b6-4+. The summed E-state index contributed by atoms with van der Waals surface area (Å²) in [5.74, 6) is 2.40. The molecule has 0 bridgehead atoms. The molecule has 5 heteroatoms. The number of carbonyl (C=O) groups excluding carboxylic acids is 1. The van der Waals surface area contributed by atoms with Crippen molar-refractivity contribution in [1.82, 2.24) is 5.32 Å². The Bertz CT molecular complexity index is 502. The summed E-state index contributed by atoms with van der Waals surface area (Å²) in [7, 11) is 0.